The van der Waals surface area contributed by atoms with Crippen LogP contribution in [0, 0.1) is 0 Å². The summed E-state index contributed by atoms with van der Waals surface area (Å²) in [7, 11) is 1.67. The lowest BCUT2D eigenvalue weighted by atomic mass is 10.00. The molecule has 0 aromatic carbocycles. The zero-order valence-electron chi connectivity index (χ0n) is 19.0. The van der Waals surface area contributed by atoms with E-state index in [1.165, 1.54) is 20.7 Å². The highest BCUT2D eigenvalue weighted by molar-refractivity contribution is 7.22. The topological polar surface area (TPSA) is 85.1 Å². The van der Waals surface area contributed by atoms with Crippen LogP contribution < -0.4 is 10.1 Å². The van der Waals surface area contributed by atoms with Crippen LogP contribution in [0.3, 0.4) is 0 Å². The molecule has 9 heteroatoms. The van der Waals surface area contributed by atoms with Crippen LogP contribution in [0.1, 0.15) is 44.2 Å². The fraction of sp³-hybridized carbons (Fsp3) is 0.375. The Morgan fingerprint density at radius 1 is 1.12 bits per heavy atom. The monoisotopic (exact) mass is 461 g/mol. The van der Waals surface area contributed by atoms with Gasteiger partial charge in [-0.2, -0.15) is 10.2 Å². The van der Waals surface area contributed by atoms with E-state index in [0.717, 1.165) is 42.7 Å². The number of hydrogen-bond donors (Lipinski definition) is 2. The van der Waals surface area contributed by atoms with E-state index in [4.69, 9.17) is 9.84 Å². The molecule has 2 N–H and O–H groups in total. The standard InChI is InChI=1S/C24H27N7OS/c1-14(2)21-22(15-8-19(32-3)24-26-13-28-31(24)11-15)29-18-9-20(33-23(18)21)16-10-27-30(12-16)17-4-6-25-7-5-17/h8-14,17,25,29H,4-7H2,1-3H3. The number of aromatic amines is 1. The third kappa shape index (κ3) is 3.43. The van der Waals surface area contributed by atoms with Crippen molar-refractivity contribution in [1.29, 1.82) is 0 Å². The lowest BCUT2D eigenvalue weighted by Crippen LogP contribution is -2.29. The summed E-state index contributed by atoms with van der Waals surface area (Å²) >= 11 is 1.83. The molecule has 8 nitrogen and oxygen atoms in total. The van der Waals surface area contributed by atoms with Crippen molar-refractivity contribution in [3.8, 4) is 27.4 Å². The first-order valence-corrected chi connectivity index (χ1v) is 12.2. The second kappa shape index (κ2) is 8.00. The second-order valence-electron chi connectivity index (χ2n) is 8.94. The van der Waals surface area contributed by atoms with Gasteiger partial charge >= 0.3 is 0 Å². The average molecular weight is 462 g/mol. The number of H-pyrrole nitrogens is 1. The van der Waals surface area contributed by atoms with E-state index in [-0.39, 0.29) is 0 Å². The Balaban J connectivity index is 1.42. The van der Waals surface area contributed by atoms with Gasteiger partial charge in [-0.15, -0.1) is 11.3 Å². The fourth-order valence-electron chi connectivity index (χ4n) is 4.84. The number of ether oxygens (including phenoxy) is 1. The maximum Gasteiger partial charge on any atom is 0.197 e. The number of hydrogen-bond acceptors (Lipinski definition) is 6. The Bertz CT molecular complexity index is 1430. The molecule has 1 aliphatic heterocycles. The largest absolute Gasteiger partial charge is 0.493 e. The summed E-state index contributed by atoms with van der Waals surface area (Å²) in [5.41, 5.74) is 6.52. The summed E-state index contributed by atoms with van der Waals surface area (Å²) in [6.45, 7) is 6.61. The number of thiophene rings is 1. The second-order valence-corrected chi connectivity index (χ2v) is 9.99. The van der Waals surface area contributed by atoms with Gasteiger partial charge in [-0.05, 0) is 49.5 Å². The molecule has 0 atom stereocenters. The summed E-state index contributed by atoms with van der Waals surface area (Å²) in [5.74, 6) is 1.07. The molecule has 170 valence electrons. The van der Waals surface area contributed by atoms with Gasteiger partial charge in [0.2, 0.25) is 0 Å². The summed E-state index contributed by atoms with van der Waals surface area (Å²) in [5, 5.41) is 12.4. The smallest absolute Gasteiger partial charge is 0.197 e. The molecule has 1 fully saturated rings. The lowest BCUT2D eigenvalue weighted by Gasteiger charge is -2.22. The van der Waals surface area contributed by atoms with Gasteiger partial charge in [-0.3, -0.25) is 4.68 Å². The van der Waals surface area contributed by atoms with Crippen LogP contribution >= 0.6 is 11.3 Å². The van der Waals surface area contributed by atoms with Crippen LogP contribution in [-0.4, -0.2) is 49.6 Å². The molecular weight excluding hydrogens is 434 g/mol. The molecule has 5 aromatic heterocycles. The first-order valence-electron chi connectivity index (χ1n) is 11.4. The quantitative estimate of drug-likeness (QED) is 0.390. The van der Waals surface area contributed by atoms with Crippen LogP contribution in [0.4, 0.5) is 0 Å². The van der Waals surface area contributed by atoms with Crippen molar-refractivity contribution in [3.63, 3.8) is 0 Å². The third-order valence-corrected chi connectivity index (χ3v) is 7.72. The first-order chi connectivity index (χ1) is 16.1. The van der Waals surface area contributed by atoms with Crippen molar-refractivity contribution in [2.24, 2.45) is 0 Å². The van der Waals surface area contributed by atoms with E-state index in [0.29, 0.717) is 23.4 Å². The molecule has 6 rings (SSSR count). The predicted octanol–water partition coefficient (Wildman–Crippen LogP) is 4.86. The normalized spacial score (nSPS) is 15.3. The Morgan fingerprint density at radius 3 is 2.76 bits per heavy atom. The molecule has 33 heavy (non-hydrogen) atoms. The van der Waals surface area contributed by atoms with Crippen LogP contribution in [0.2, 0.25) is 0 Å². The predicted molar refractivity (Wildman–Crippen MR) is 131 cm³/mol. The lowest BCUT2D eigenvalue weighted by molar-refractivity contribution is 0.343. The Labute approximate surface area is 195 Å². The van der Waals surface area contributed by atoms with Crippen LogP contribution in [-0.2, 0) is 0 Å². The van der Waals surface area contributed by atoms with Gasteiger partial charge in [0, 0.05) is 28.4 Å². The van der Waals surface area contributed by atoms with E-state index in [1.807, 2.05) is 29.8 Å². The van der Waals surface area contributed by atoms with E-state index in [9.17, 15) is 0 Å². The molecule has 0 amide bonds. The number of nitrogens with zero attached hydrogens (tertiary/aromatic N) is 5. The number of nitrogens with one attached hydrogen (secondary N) is 2. The first kappa shape index (κ1) is 20.4. The van der Waals surface area contributed by atoms with Crippen molar-refractivity contribution >= 4 is 27.2 Å². The minimum atomic E-state index is 0.357. The Kier molecular flexibility index (Phi) is 4.95. The summed E-state index contributed by atoms with van der Waals surface area (Å²) in [6.07, 6.45) is 10.0. The molecule has 6 heterocycles. The van der Waals surface area contributed by atoms with Gasteiger partial charge < -0.3 is 15.0 Å². The number of piperidine rings is 1. The molecule has 1 saturated heterocycles. The molecule has 0 aliphatic carbocycles. The van der Waals surface area contributed by atoms with Gasteiger partial charge in [-0.1, -0.05) is 13.8 Å². The summed E-state index contributed by atoms with van der Waals surface area (Å²) < 4.78 is 10.8. The van der Waals surface area contributed by atoms with E-state index in [1.54, 1.807) is 18.0 Å². The fourth-order valence-corrected chi connectivity index (χ4v) is 6.13. The zero-order valence-corrected chi connectivity index (χ0v) is 19.8. The Hall–Kier alpha value is -3.17. The highest BCUT2D eigenvalue weighted by Crippen LogP contribution is 2.43. The average Bonchev–Trinajstić information content (AvgIpc) is 3.60. The number of fused-ring (bicyclic) bond motifs is 2. The third-order valence-electron chi connectivity index (χ3n) is 6.50. The maximum atomic E-state index is 5.59. The van der Waals surface area contributed by atoms with Gasteiger partial charge in [0.05, 0.1) is 35.3 Å². The van der Waals surface area contributed by atoms with Crippen molar-refractivity contribution in [2.75, 3.05) is 20.2 Å². The number of aromatic nitrogens is 6. The number of methoxy groups -OCH3 is 1. The Morgan fingerprint density at radius 2 is 1.97 bits per heavy atom. The van der Waals surface area contributed by atoms with Crippen molar-refractivity contribution in [2.45, 2.75) is 38.6 Å². The number of pyridine rings is 1. The highest BCUT2D eigenvalue weighted by atomic mass is 32.1. The van der Waals surface area contributed by atoms with Crippen molar-refractivity contribution in [3.05, 3.63) is 42.6 Å². The minimum Gasteiger partial charge on any atom is -0.493 e. The van der Waals surface area contributed by atoms with Gasteiger partial charge in [-0.25, -0.2) is 9.50 Å². The maximum absolute atomic E-state index is 5.59. The molecule has 0 radical (unpaired) electrons. The van der Waals surface area contributed by atoms with Gasteiger partial charge in [0.1, 0.15) is 6.33 Å². The summed E-state index contributed by atoms with van der Waals surface area (Å²) in [6, 6.07) is 4.78. The minimum absolute atomic E-state index is 0.357. The zero-order chi connectivity index (χ0) is 22.5. The van der Waals surface area contributed by atoms with Crippen LogP contribution in [0.15, 0.2) is 37.1 Å². The van der Waals surface area contributed by atoms with E-state index >= 15 is 0 Å². The van der Waals surface area contributed by atoms with Crippen molar-refractivity contribution < 1.29 is 4.74 Å². The molecule has 0 bridgehead atoms. The van der Waals surface area contributed by atoms with Crippen molar-refractivity contribution in [1.82, 2.24) is 34.7 Å². The molecule has 0 saturated carbocycles. The van der Waals surface area contributed by atoms with E-state index in [2.05, 4.69) is 51.2 Å². The number of rotatable bonds is 5. The van der Waals surface area contributed by atoms with E-state index < -0.39 is 0 Å². The molecular formula is C24H27N7OS. The van der Waals surface area contributed by atoms with Crippen LogP contribution in [0.5, 0.6) is 5.75 Å². The summed E-state index contributed by atoms with van der Waals surface area (Å²) in [4.78, 5) is 9.24. The van der Waals surface area contributed by atoms with Crippen LogP contribution in [0.25, 0.3) is 37.6 Å². The SMILES string of the molecule is COc1cc(-c2[nH]c3cc(-c4cnn(C5CCNCC5)c4)sc3c2C(C)C)cn2ncnc12. The molecule has 0 unspecified atom stereocenters. The molecule has 0 spiro atoms. The van der Waals surface area contributed by atoms with Gasteiger partial charge in [0.25, 0.3) is 0 Å². The molecule has 1 aliphatic rings. The van der Waals surface area contributed by atoms with Gasteiger partial charge in [0.15, 0.2) is 11.4 Å². The molecule has 5 aromatic rings. The highest BCUT2D eigenvalue weighted by Gasteiger charge is 2.22.